The minimum absolute atomic E-state index is 0.727. The van der Waals surface area contributed by atoms with Gasteiger partial charge in [-0.15, -0.1) is 11.3 Å². The number of nitrogens with zero attached hydrogens (tertiary/aromatic N) is 4. The lowest BCUT2D eigenvalue weighted by Gasteiger charge is -2.05. The molecule has 5 nitrogen and oxygen atoms in total. The topological polar surface area (TPSA) is 55.1 Å². The largest absolute Gasteiger partial charge is 0.332 e. The van der Waals surface area contributed by atoms with Crippen LogP contribution in [0.15, 0.2) is 41.8 Å². The van der Waals surface area contributed by atoms with Crippen LogP contribution < -0.4 is 5.32 Å². The monoisotopic (exact) mass is 335 g/mol. The summed E-state index contributed by atoms with van der Waals surface area (Å²) in [6.45, 7) is 6.06. The summed E-state index contributed by atoms with van der Waals surface area (Å²) in [6.07, 6.45) is 0. The molecule has 0 bridgehead atoms. The summed E-state index contributed by atoms with van der Waals surface area (Å²) < 4.78 is 2.07. The van der Waals surface area contributed by atoms with Gasteiger partial charge in [-0.05, 0) is 39.0 Å². The normalized spacial score (nSPS) is 11.1. The molecule has 0 atom stereocenters. The Morgan fingerprint density at radius 3 is 2.58 bits per heavy atom. The number of nitrogens with one attached hydrogen (secondary N) is 1. The summed E-state index contributed by atoms with van der Waals surface area (Å²) in [5.74, 6) is 0.727. The van der Waals surface area contributed by atoms with Crippen molar-refractivity contribution in [3.63, 3.8) is 0 Å². The van der Waals surface area contributed by atoms with Gasteiger partial charge in [0.15, 0.2) is 5.13 Å². The number of fused-ring (bicyclic) bond motifs is 1. The molecule has 0 radical (unpaired) electrons. The van der Waals surface area contributed by atoms with E-state index in [0.29, 0.717) is 0 Å². The molecule has 0 aliphatic heterocycles. The number of hydrogen-bond donors (Lipinski definition) is 1. The highest BCUT2D eigenvalue weighted by atomic mass is 32.1. The molecule has 0 fully saturated rings. The van der Waals surface area contributed by atoms with Crippen LogP contribution in [-0.2, 0) is 0 Å². The standard InChI is InChI=1S/C18H17N5S/c1-11-9-12(2)23-16(13(3)20-17(23)19-11)15-10-24-18(22-15)21-14-7-5-4-6-8-14/h4-10H,1-3H3,(H,21,22). The predicted molar refractivity (Wildman–Crippen MR) is 98.0 cm³/mol. The first-order chi connectivity index (χ1) is 11.6. The fraction of sp³-hybridized carbons (Fsp3) is 0.167. The summed E-state index contributed by atoms with van der Waals surface area (Å²) in [7, 11) is 0. The molecule has 4 aromatic rings. The highest BCUT2D eigenvalue weighted by Gasteiger charge is 2.16. The quantitative estimate of drug-likeness (QED) is 0.598. The number of aromatic nitrogens is 4. The minimum Gasteiger partial charge on any atom is -0.332 e. The second-order valence-electron chi connectivity index (χ2n) is 5.75. The molecular formula is C18H17N5S. The average Bonchev–Trinajstić information content (AvgIpc) is 3.11. The van der Waals surface area contributed by atoms with Gasteiger partial charge in [-0.1, -0.05) is 18.2 Å². The molecule has 3 heterocycles. The summed E-state index contributed by atoms with van der Waals surface area (Å²) in [6, 6.07) is 12.1. The second kappa shape index (κ2) is 5.72. The van der Waals surface area contributed by atoms with Crippen molar-refractivity contribution in [3.8, 4) is 11.4 Å². The van der Waals surface area contributed by atoms with Crippen LogP contribution in [0, 0.1) is 20.8 Å². The number of anilines is 2. The van der Waals surface area contributed by atoms with Gasteiger partial charge in [0, 0.05) is 22.5 Å². The predicted octanol–water partition coefficient (Wildman–Crippen LogP) is 4.52. The number of imidazole rings is 1. The summed E-state index contributed by atoms with van der Waals surface area (Å²) in [5, 5.41) is 6.26. The smallest absolute Gasteiger partial charge is 0.234 e. The third-order valence-corrected chi connectivity index (χ3v) is 4.61. The van der Waals surface area contributed by atoms with E-state index in [-0.39, 0.29) is 0 Å². The summed E-state index contributed by atoms with van der Waals surface area (Å²) >= 11 is 1.59. The lowest BCUT2D eigenvalue weighted by atomic mass is 10.2. The molecule has 0 saturated carbocycles. The van der Waals surface area contributed by atoms with Gasteiger partial charge >= 0.3 is 0 Å². The first-order valence-electron chi connectivity index (χ1n) is 7.73. The van der Waals surface area contributed by atoms with Crippen molar-refractivity contribution in [1.29, 1.82) is 0 Å². The Hall–Kier alpha value is -2.73. The van der Waals surface area contributed by atoms with Crippen LogP contribution in [-0.4, -0.2) is 19.4 Å². The Bertz CT molecular complexity index is 1020. The molecule has 0 saturated heterocycles. The lowest BCUT2D eigenvalue weighted by molar-refractivity contribution is 1.01. The fourth-order valence-electron chi connectivity index (χ4n) is 2.87. The van der Waals surface area contributed by atoms with E-state index in [1.54, 1.807) is 11.3 Å². The van der Waals surface area contributed by atoms with Gasteiger partial charge in [0.1, 0.15) is 5.69 Å². The zero-order valence-corrected chi connectivity index (χ0v) is 14.6. The molecule has 0 amide bonds. The van der Waals surface area contributed by atoms with Gasteiger partial charge in [0.05, 0.1) is 11.4 Å². The van der Waals surface area contributed by atoms with Crippen molar-refractivity contribution >= 4 is 27.9 Å². The first kappa shape index (κ1) is 14.8. The molecular weight excluding hydrogens is 318 g/mol. The third-order valence-electron chi connectivity index (χ3n) is 3.85. The van der Waals surface area contributed by atoms with Crippen LogP contribution in [0.2, 0.25) is 0 Å². The molecule has 1 aromatic carbocycles. The highest BCUT2D eigenvalue weighted by molar-refractivity contribution is 7.14. The van der Waals surface area contributed by atoms with Crippen molar-refractivity contribution in [2.45, 2.75) is 20.8 Å². The van der Waals surface area contributed by atoms with E-state index in [2.05, 4.69) is 38.1 Å². The van der Waals surface area contributed by atoms with E-state index < -0.39 is 0 Å². The zero-order chi connectivity index (χ0) is 16.7. The van der Waals surface area contributed by atoms with Crippen molar-refractivity contribution in [2.24, 2.45) is 0 Å². The van der Waals surface area contributed by atoms with Crippen molar-refractivity contribution < 1.29 is 0 Å². The van der Waals surface area contributed by atoms with Crippen molar-refractivity contribution in [3.05, 3.63) is 58.9 Å². The summed E-state index contributed by atoms with van der Waals surface area (Å²) in [4.78, 5) is 13.9. The Morgan fingerprint density at radius 2 is 1.79 bits per heavy atom. The maximum atomic E-state index is 4.74. The van der Waals surface area contributed by atoms with Gasteiger partial charge in [-0.2, -0.15) is 0 Å². The number of aryl methyl sites for hydroxylation is 3. The zero-order valence-electron chi connectivity index (χ0n) is 13.7. The molecule has 1 N–H and O–H groups in total. The van der Waals surface area contributed by atoms with Crippen molar-refractivity contribution in [1.82, 2.24) is 19.4 Å². The average molecular weight is 335 g/mol. The van der Waals surface area contributed by atoms with E-state index in [9.17, 15) is 0 Å². The lowest BCUT2D eigenvalue weighted by Crippen LogP contribution is -1.98. The van der Waals surface area contributed by atoms with E-state index in [0.717, 1.165) is 45.1 Å². The molecule has 120 valence electrons. The molecule has 0 spiro atoms. The van der Waals surface area contributed by atoms with E-state index in [1.165, 1.54) is 0 Å². The number of rotatable bonds is 3. The molecule has 0 aliphatic carbocycles. The molecule has 6 heteroatoms. The Labute approximate surface area is 144 Å². The van der Waals surface area contributed by atoms with Gasteiger partial charge in [0.2, 0.25) is 5.78 Å². The van der Waals surface area contributed by atoms with Crippen LogP contribution in [0.4, 0.5) is 10.8 Å². The summed E-state index contributed by atoms with van der Waals surface area (Å²) in [5.41, 5.74) is 5.97. The van der Waals surface area contributed by atoms with Gasteiger partial charge in [-0.25, -0.2) is 15.0 Å². The number of thiazole rings is 1. The number of hydrogen-bond acceptors (Lipinski definition) is 5. The van der Waals surface area contributed by atoms with E-state index in [4.69, 9.17) is 4.98 Å². The number of para-hydroxylation sites is 1. The second-order valence-corrected chi connectivity index (χ2v) is 6.61. The molecule has 3 aromatic heterocycles. The third kappa shape index (κ3) is 2.55. The minimum atomic E-state index is 0.727. The van der Waals surface area contributed by atoms with Crippen LogP contribution in [0.1, 0.15) is 17.1 Å². The molecule has 0 aliphatic rings. The van der Waals surface area contributed by atoms with Gasteiger partial charge < -0.3 is 5.32 Å². The Kier molecular flexibility index (Phi) is 3.54. The SMILES string of the molecule is Cc1cc(C)n2c(-c3csc(Nc4ccccc4)n3)c(C)nc2n1. The highest BCUT2D eigenvalue weighted by Crippen LogP contribution is 2.30. The van der Waals surface area contributed by atoms with Crippen LogP contribution in [0.5, 0.6) is 0 Å². The van der Waals surface area contributed by atoms with Crippen LogP contribution in [0.3, 0.4) is 0 Å². The van der Waals surface area contributed by atoms with Crippen LogP contribution in [0.25, 0.3) is 17.2 Å². The Morgan fingerprint density at radius 1 is 1.00 bits per heavy atom. The maximum Gasteiger partial charge on any atom is 0.234 e. The van der Waals surface area contributed by atoms with Crippen molar-refractivity contribution in [2.75, 3.05) is 5.32 Å². The fourth-order valence-corrected chi connectivity index (χ4v) is 3.58. The van der Waals surface area contributed by atoms with Crippen LogP contribution >= 0.6 is 11.3 Å². The van der Waals surface area contributed by atoms with E-state index in [1.807, 2.05) is 44.2 Å². The molecule has 4 rings (SSSR count). The van der Waals surface area contributed by atoms with Gasteiger partial charge in [-0.3, -0.25) is 4.40 Å². The molecule has 0 unspecified atom stereocenters. The maximum absolute atomic E-state index is 4.74. The van der Waals surface area contributed by atoms with E-state index >= 15 is 0 Å². The molecule has 24 heavy (non-hydrogen) atoms. The number of benzene rings is 1. The van der Waals surface area contributed by atoms with Gasteiger partial charge in [0.25, 0.3) is 0 Å². The Balaban J connectivity index is 1.77. The first-order valence-corrected chi connectivity index (χ1v) is 8.61.